The molecular formula is C13H28N2OS. The first-order valence-electron chi connectivity index (χ1n) is 6.70. The van der Waals surface area contributed by atoms with E-state index in [1.807, 2.05) is 11.8 Å². The van der Waals surface area contributed by atoms with Crippen molar-refractivity contribution in [2.24, 2.45) is 11.7 Å². The lowest BCUT2D eigenvalue weighted by Crippen LogP contribution is -2.25. The SMILES string of the molecule is CCC(CCN)CCC(=O)NCCCCSC. The lowest BCUT2D eigenvalue weighted by Gasteiger charge is -2.13. The van der Waals surface area contributed by atoms with Crippen LogP contribution in [0.15, 0.2) is 0 Å². The average Bonchev–Trinajstić information content (AvgIpc) is 2.34. The Bertz CT molecular complexity index is 188. The average molecular weight is 260 g/mol. The Labute approximate surface area is 110 Å². The molecule has 0 radical (unpaired) electrons. The summed E-state index contributed by atoms with van der Waals surface area (Å²) in [5.41, 5.74) is 5.54. The molecule has 0 aromatic carbocycles. The van der Waals surface area contributed by atoms with Crippen LogP contribution in [0.1, 0.15) is 45.4 Å². The minimum Gasteiger partial charge on any atom is -0.356 e. The summed E-state index contributed by atoms with van der Waals surface area (Å²) in [6.07, 6.45) is 8.18. The maximum Gasteiger partial charge on any atom is 0.220 e. The highest BCUT2D eigenvalue weighted by Gasteiger charge is 2.08. The van der Waals surface area contributed by atoms with E-state index in [1.165, 1.54) is 12.2 Å². The largest absolute Gasteiger partial charge is 0.356 e. The minimum absolute atomic E-state index is 0.199. The van der Waals surface area contributed by atoms with Gasteiger partial charge in [0, 0.05) is 13.0 Å². The van der Waals surface area contributed by atoms with Crippen LogP contribution in [0.3, 0.4) is 0 Å². The third-order valence-corrected chi connectivity index (χ3v) is 3.73. The van der Waals surface area contributed by atoms with Gasteiger partial charge >= 0.3 is 0 Å². The third kappa shape index (κ3) is 10.6. The molecule has 17 heavy (non-hydrogen) atoms. The van der Waals surface area contributed by atoms with Gasteiger partial charge in [-0.05, 0) is 50.2 Å². The molecule has 0 spiro atoms. The van der Waals surface area contributed by atoms with Crippen molar-refractivity contribution >= 4 is 17.7 Å². The van der Waals surface area contributed by atoms with Gasteiger partial charge < -0.3 is 11.1 Å². The van der Waals surface area contributed by atoms with Gasteiger partial charge in [0.1, 0.15) is 0 Å². The number of hydrogen-bond donors (Lipinski definition) is 2. The number of rotatable bonds is 11. The minimum atomic E-state index is 0.199. The Morgan fingerprint density at radius 1 is 1.35 bits per heavy atom. The first kappa shape index (κ1) is 16.8. The second-order valence-corrected chi connectivity index (χ2v) is 5.43. The van der Waals surface area contributed by atoms with Crippen molar-refractivity contribution in [2.45, 2.75) is 45.4 Å². The lowest BCUT2D eigenvalue weighted by atomic mass is 9.96. The van der Waals surface area contributed by atoms with Crippen LogP contribution < -0.4 is 11.1 Å². The van der Waals surface area contributed by atoms with E-state index >= 15 is 0 Å². The molecule has 0 saturated heterocycles. The highest BCUT2D eigenvalue weighted by molar-refractivity contribution is 7.98. The summed E-state index contributed by atoms with van der Waals surface area (Å²) in [5, 5.41) is 2.98. The second-order valence-electron chi connectivity index (χ2n) is 4.44. The van der Waals surface area contributed by atoms with Crippen molar-refractivity contribution in [3.63, 3.8) is 0 Å². The van der Waals surface area contributed by atoms with Crippen molar-refractivity contribution < 1.29 is 4.79 Å². The Kier molecular flexibility index (Phi) is 12.1. The molecule has 0 aliphatic rings. The van der Waals surface area contributed by atoms with E-state index < -0.39 is 0 Å². The Hall–Kier alpha value is -0.220. The van der Waals surface area contributed by atoms with E-state index in [1.54, 1.807) is 0 Å². The third-order valence-electron chi connectivity index (χ3n) is 3.03. The van der Waals surface area contributed by atoms with Gasteiger partial charge in [0.2, 0.25) is 5.91 Å². The summed E-state index contributed by atoms with van der Waals surface area (Å²) in [6.45, 7) is 3.72. The van der Waals surface area contributed by atoms with Crippen molar-refractivity contribution in [3.8, 4) is 0 Å². The molecule has 0 bridgehead atoms. The Morgan fingerprint density at radius 3 is 2.71 bits per heavy atom. The zero-order valence-electron chi connectivity index (χ0n) is 11.3. The molecule has 0 rings (SSSR count). The smallest absolute Gasteiger partial charge is 0.220 e. The van der Waals surface area contributed by atoms with E-state index in [2.05, 4.69) is 18.5 Å². The fourth-order valence-corrected chi connectivity index (χ4v) is 2.30. The first-order chi connectivity index (χ1) is 8.24. The van der Waals surface area contributed by atoms with E-state index in [9.17, 15) is 4.79 Å². The molecule has 102 valence electrons. The van der Waals surface area contributed by atoms with E-state index in [0.29, 0.717) is 12.3 Å². The summed E-state index contributed by atoms with van der Waals surface area (Å²) < 4.78 is 0. The summed E-state index contributed by atoms with van der Waals surface area (Å²) in [6, 6.07) is 0. The molecule has 0 aromatic heterocycles. The summed E-state index contributed by atoms with van der Waals surface area (Å²) in [7, 11) is 0. The van der Waals surface area contributed by atoms with Gasteiger partial charge in [-0.2, -0.15) is 11.8 Å². The van der Waals surface area contributed by atoms with E-state index in [0.717, 1.165) is 38.8 Å². The van der Waals surface area contributed by atoms with E-state index in [4.69, 9.17) is 5.73 Å². The normalized spacial score (nSPS) is 12.4. The second kappa shape index (κ2) is 12.2. The maximum atomic E-state index is 11.6. The van der Waals surface area contributed by atoms with Gasteiger partial charge in [0.25, 0.3) is 0 Å². The molecule has 0 aliphatic heterocycles. The lowest BCUT2D eigenvalue weighted by molar-refractivity contribution is -0.121. The quantitative estimate of drug-likeness (QED) is 0.561. The molecule has 3 nitrogen and oxygen atoms in total. The summed E-state index contributed by atoms with van der Waals surface area (Å²) >= 11 is 1.86. The molecular weight excluding hydrogens is 232 g/mol. The fraction of sp³-hybridized carbons (Fsp3) is 0.923. The number of nitrogens with two attached hydrogens (primary N) is 1. The summed E-state index contributed by atoms with van der Waals surface area (Å²) in [4.78, 5) is 11.6. The number of hydrogen-bond acceptors (Lipinski definition) is 3. The van der Waals surface area contributed by atoms with Gasteiger partial charge in [-0.15, -0.1) is 0 Å². The molecule has 0 fully saturated rings. The number of unbranched alkanes of at least 4 members (excludes halogenated alkanes) is 1. The number of amides is 1. The molecule has 1 atom stereocenters. The zero-order valence-corrected chi connectivity index (χ0v) is 12.2. The van der Waals surface area contributed by atoms with Crippen molar-refractivity contribution in [1.29, 1.82) is 0 Å². The molecule has 0 aromatic rings. The monoisotopic (exact) mass is 260 g/mol. The highest BCUT2D eigenvalue weighted by Crippen LogP contribution is 2.14. The number of carbonyl (C=O) groups is 1. The summed E-state index contributed by atoms with van der Waals surface area (Å²) in [5.74, 6) is 2.00. The van der Waals surface area contributed by atoms with Crippen LogP contribution in [-0.2, 0) is 4.79 Å². The van der Waals surface area contributed by atoms with Gasteiger partial charge in [-0.3, -0.25) is 4.79 Å². The van der Waals surface area contributed by atoms with Crippen molar-refractivity contribution in [2.75, 3.05) is 25.1 Å². The number of nitrogens with one attached hydrogen (secondary N) is 1. The van der Waals surface area contributed by atoms with Crippen molar-refractivity contribution in [3.05, 3.63) is 0 Å². The highest BCUT2D eigenvalue weighted by atomic mass is 32.2. The van der Waals surface area contributed by atoms with Crippen LogP contribution >= 0.6 is 11.8 Å². The van der Waals surface area contributed by atoms with Crippen LogP contribution in [0, 0.1) is 5.92 Å². The van der Waals surface area contributed by atoms with Crippen LogP contribution in [0.4, 0.5) is 0 Å². The van der Waals surface area contributed by atoms with Gasteiger partial charge in [0.15, 0.2) is 0 Å². The molecule has 0 heterocycles. The van der Waals surface area contributed by atoms with E-state index in [-0.39, 0.29) is 5.91 Å². The van der Waals surface area contributed by atoms with Crippen LogP contribution in [0.25, 0.3) is 0 Å². The zero-order chi connectivity index (χ0) is 12.9. The topological polar surface area (TPSA) is 55.1 Å². The standard InChI is InChI=1S/C13H28N2OS/c1-3-12(8-9-14)6-7-13(16)15-10-4-5-11-17-2/h12H,3-11,14H2,1-2H3,(H,15,16). The molecule has 3 N–H and O–H groups in total. The number of carbonyl (C=O) groups excluding carboxylic acids is 1. The van der Waals surface area contributed by atoms with Crippen LogP contribution in [0.2, 0.25) is 0 Å². The molecule has 1 amide bonds. The van der Waals surface area contributed by atoms with Gasteiger partial charge in [0.05, 0.1) is 0 Å². The van der Waals surface area contributed by atoms with Crippen LogP contribution in [0.5, 0.6) is 0 Å². The Balaban J connectivity index is 3.44. The van der Waals surface area contributed by atoms with Crippen LogP contribution in [-0.4, -0.2) is 31.0 Å². The molecule has 1 unspecified atom stereocenters. The molecule has 4 heteroatoms. The fourth-order valence-electron chi connectivity index (χ4n) is 1.81. The maximum absolute atomic E-state index is 11.6. The predicted octanol–water partition coefficient (Wildman–Crippen LogP) is 2.40. The van der Waals surface area contributed by atoms with Crippen molar-refractivity contribution in [1.82, 2.24) is 5.32 Å². The predicted molar refractivity (Wildman–Crippen MR) is 77.3 cm³/mol. The molecule has 0 aliphatic carbocycles. The number of thioether (sulfide) groups is 1. The van der Waals surface area contributed by atoms with Gasteiger partial charge in [-0.1, -0.05) is 13.3 Å². The Morgan fingerprint density at radius 2 is 2.12 bits per heavy atom. The first-order valence-corrected chi connectivity index (χ1v) is 8.09. The van der Waals surface area contributed by atoms with Gasteiger partial charge in [-0.25, -0.2) is 0 Å². The molecule has 0 saturated carbocycles.